The summed E-state index contributed by atoms with van der Waals surface area (Å²) < 4.78 is 0.894. The molecular weight excluding hydrogens is 191 g/mol. The maximum absolute atomic E-state index is 9.32. The van der Waals surface area contributed by atoms with E-state index in [9.17, 15) is 5.11 Å². The number of aromatic hydroxyl groups is 1. The van der Waals surface area contributed by atoms with Gasteiger partial charge in [-0.1, -0.05) is 0 Å². The van der Waals surface area contributed by atoms with Gasteiger partial charge in [0.15, 0.2) is 0 Å². The third-order valence-electron chi connectivity index (χ3n) is 1.42. The van der Waals surface area contributed by atoms with Gasteiger partial charge in [0.2, 0.25) is 0 Å². The van der Waals surface area contributed by atoms with E-state index in [-0.39, 0.29) is 0 Å². The molecule has 0 heterocycles. The molecule has 0 unspecified atom stereocenters. The monoisotopic (exact) mass is 202 g/mol. The number of hydrogen-bond donors (Lipinski definition) is 1. The van der Waals surface area contributed by atoms with Crippen molar-refractivity contribution in [3.63, 3.8) is 0 Å². The predicted octanol–water partition coefficient (Wildman–Crippen LogP) is 0.535. The van der Waals surface area contributed by atoms with Crippen molar-refractivity contribution >= 4 is 20.5 Å². The Bertz CT molecular complexity index is 232. The molecule has 1 nitrogen and oxygen atoms in total. The van der Waals surface area contributed by atoms with Gasteiger partial charge < -0.3 is 0 Å². The van der Waals surface area contributed by atoms with E-state index in [1.807, 2.05) is 26.0 Å². The van der Waals surface area contributed by atoms with Gasteiger partial charge in [0, 0.05) is 0 Å². The number of benzene rings is 1. The third-order valence-corrected chi connectivity index (χ3v) is 2.14. The zero-order valence-electron chi connectivity index (χ0n) is 6.05. The van der Waals surface area contributed by atoms with Crippen LogP contribution in [0.4, 0.5) is 0 Å². The number of phenols is 1. The Hall–Kier alpha value is -0.461. The average Bonchev–Trinajstić information content (AvgIpc) is 1.82. The van der Waals surface area contributed by atoms with Crippen LogP contribution in [0.5, 0.6) is 5.75 Å². The average molecular weight is 201 g/mol. The number of rotatable bonds is 0. The van der Waals surface area contributed by atoms with Gasteiger partial charge in [-0.2, -0.15) is 0 Å². The third kappa shape index (κ3) is 1.34. The molecule has 0 bridgehead atoms. The number of aryl methyl sites for hydroxylation is 2. The van der Waals surface area contributed by atoms with E-state index in [1.54, 1.807) is 0 Å². The first kappa shape index (κ1) is 7.64. The fourth-order valence-electron chi connectivity index (χ4n) is 0.938. The second-order valence-corrected chi connectivity index (χ2v) is 3.46. The molecule has 1 N–H and O–H groups in total. The van der Waals surface area contributed by atoms with E-state index in [0.717, 1.165) is 10.0 Å². The summed E-state index contributed by atoms with van der Waals surface area (Å²) in [5.74, 6) is 0.394. The Labute approximate surface area is 68.9 Å². The summed E-state index contributed by atoms with van der Waals surface area (Å²) in [5, 5.41) is 9.32. The Kier molecular flexibility index (Phi) is 2.02. The van der Waals surface area contributed by atoms with Gasteiger partial charge in [-0.05, 0) is 0 Å². The van der Waals surface area contributed by atoms with Crippen molar-refractivity contribution in [2.45, 2.75) is 13.8 Å². The molecule has 0 aliphatic rings. The molecule has 2 heteroatoms. The fraction of sp³-hybridized carbons (Fsp3) is 0.250. The zero-order valence-corrected chi connectivity index (χ0v) is 7.93. The molecule has 54 valence electrons. The van der Waals surface area contributed by atoms with Crippen LogP contribution in [0.3, 0.4) is 0 Å². The van der Waals surface area contributed by atoms with Crippen molar-refractivity contribution in [3.05, 3.63) is 23.3 Å². The van der Waals surface area contributed by atoms with E-state index >= 15 is 0 Å². The molecule has 1 aromatic carbocycles. The quantitative estimate of drug-likeness (QED) is 0.607. The van der Waals surface area contributed by atoms with Gasteiger partial charge in [0.1, 0.15) is 0 Å². The van der Waals surface area contributed by atoms with Crippen molar-refractivity contribution in [2.75, 3.05) is 0 Å². The first-order chi connectivity index (χ1) is 4.61. The van der Waals surface area contributed by atoms with Crippen LogP contribution < -0.4 is 4.46 Å². The van der Waals surface area contributed by atoms with Crippen LogP contribution in [0.25, 0.3) is 0 Å². The summed E-state index contributed by atoms with van der Waals surface area (Å²) in [6.45, 7) is 3.92. The molecule has 0 amide bonds. The summed E-state index contributed by atoms with van der Waals surface area (Å²) in [6.07, 6.45) is 0. The molecule has 0 radical (unpaired) electrons. The van der Waals surface area contributed by atoms with Gasteiger partial charge >= 0.3 is 68.4 Å². The Balaban J connectivity index is 3.31. The fourth-order valence-corrected chi connectivity index (χ4v) is 1.73. The van der Waals surface area contributed by atoms with Crippen molar-refractivity contribution in [2.24, 2.45) is 0 Å². The van der Waals surface area contributed by atoms with Crippen LogP contribution in [0.1, 0.15) is 11.1 Å². The minimum absolute atomic E-state index is 0.394. The molecule has 0 atom stereocenters. The molecule has 0 aliphatic carbocycles. The summed E-state index contributed by atoms with van der Waals surface area (Å²) >= 11 is 2.36. The van der Waals surface area contributed by atoms with Gasteiger partial charge in [0.05, 0.1) is 0 Å². The van der Waals surface area contributed by atoms with Gasteiger partial charge in [0.25, 0.3) is 0 Å². The second kappa shape index (κ2) is 2.65. The molecule has 0 aromatic heterocycles. The van der Waals surface area contributed by atoms with E-state index in [1.165, 1.54) is 5.56 Å². The topological polar surface area (TPSA) is 20.2 Å². The van der Waals surface area contributed by atoms with Gasteiger partial charge in [-0.15, -0.1) is 0 Å². The van der Waals surface area contributed by atoms with Crippen LogP contribution >= 0.6 is 0 Å². The van der Waals surface area contributed by atoms with Crippen molar-refractivity contribution < 1.29 is 5.11 Å². The molecule has 0 saturated heterocycles. The number of hydrogen-bond acceptors (Lipinski definition) is 1. The summed E-state index contributed by atoms with van der Waals surface area (Å²) in [7, 11) is 0. The van der Waals surface area contributed by atoms with Gasteiger partial charge in [-0.25, -0.2) is 0 Å². The molecule has 1 rings (SSSR count). The van der Waals surface area contributed by atoms with Crippen molar-refractivity contribution in [3.8, 4) is 5.75 Å². The first-order valence-electron chi connectivity index (χ1n) is 3.10. The van der Waals surface area contributed by atoms with E-state index in [4.69, 9.17) is 0 Å². The van der Waals surface area contributed by atoms with Gasteiger partial charge in [-0.3, -0.25) is 0 Å². The second-order valence-electron chi connectivity index (χ2n) is 2.45. The maximum atomic E-state index is 9.32. The van der Waals surface area contributed by atoms with Crippen LogP contribution in [-0.4, -0.2) is 21.1 Å². The molecular formula is C8H10OSe. The van der Waals surface area contributed by atoms with E-state index < -0.39 is 0 Å². The molecule has 0 fully saturated rings. The minimum atomic E-state index is 0.394. The van der Waals surface area contributed by atoms with Crippen LogP contribution in [-0.2, 0) is 0 Å². The summed E-state index contributed by atoms with van der Waals surface area (Å²) in [6, 6.07) is 3.91. The molecule has 10 heavy (non-hydrogen) atoms. The van der Waals surface area contributed by atoms with Crippen molar-refractivity contribution in [1.82, 2.24) is 0 Å². The molecule has 1 aromatic rings. The Morgan fingerprint density at radius 3 is 2.40 bits per heavy atom. The predicted molar refractivity (Wildman–Crippen MR) is 44.4 cm³/mol. The van der Waals surface area contributed by atoms with E-state index in [2.05, 4.69) is 16.0 Å². The molecule has 0 spiro atoms. The SMILES string of the molecule is Cc1cc(C)c(O)c([SeH])c1. The normalized spacial score (nSPS) is 9.90. The van der Waals surface area contributed by atoms with Crippen LogP contribution in [0, 0.1) is 13.8 Å². The summed E-state index contributed by atoms with van der Waals surface area (Å²) in [4.78, 5) is 0. The molecule has 0 aliphatic heterocycles. The molecule has 0 saturated carbocycles. The Morgan fingerprint density at radius 2 is 1.90 bits per heavy atom. The Morgan fingerprint density at radius 1 is 1.30 bits per heavy atom. The zero-order chi connectivity index (χ0) is 7.72. The van der Waals surface area contributed by atoms with Crippen LogP contribution in [0.15, 0.2) is 12.1 Å². The number of phenolic OH excluding ortho intramolecular Hbond substituents is 1. The van der Waals surface area contributed by atoms with E-state index in [0.29, 0.717) is 5.75 Å². The first-order valence-corrected chi connectivity index (χ1v) is 4.04. The summed E-state index contributed by atoms with van der Waals surface area (Å²) in [5.41, 5.74) is 2.13. The van der Waals surface area contributed by atoms with Crippen LogP contribution in [0.2, 0.25) is 0 Å². The standard InChI is InChI=1S/C8H10OSe/c1-5-3-6(2)8(9)7(10)4-5/h3-4,9-10H,1-2H3. The van der Waals surface area contributed by atoms with Crippen molar-refractivity contribution in [1.29, 1.82) is 0 Å².